The molecule has 2 amide bonds. The zero-order chi connectivity index (χ0) is 20.1. The number of benzene rings is 2. The van der Waals surface area contributed by atoms with Gasteiger partial charge in [-0.15, -0.1) is 0 Å². The minimum atomic E-state index is -0.691. The minimum Gasteiger partial charge on any atom is -0.444 e. The fraction of sp³-hybridized carbons (Fsp3) is 0.391. The fourth-order valence-corrected chi connectivity index (χ4v) is 3.45. The molecule has 2 aromatic carbocycles. The quantitative estimate of drug-likeness (QED) is 0.869. The lowest BCUT2D eigenvalue weighted by atomic mass is 9.99. The van der Waals surface area contributed by atoms with Crippen molar-refractivity contribution >= 4 is 17.7 Å². The summed E-state index contributed by atoms with van der Waals surface area (Å²) in [4.78, 5) is 27.6. The van der Waals surface area contributed by atoms with Gasteiger partial charge in [-0.25, -0.2) is 4.79 Å². The predicted molar refractivity (Wildman–Crippen MR) is 110 cm³/mol. The Kier molecular flexibility index (Phi) is 6.02. The van der Waals surface area contributed by atoms with Gasteiger partial charge in [0.25, 0.3) is 0 Å². The van der Waals surface area contributed by atoms with Crippen molar-refractivity contribution in [3.8, 4) is 0 Å². The zero-order valence-corrected chi connectivity index (χ0v) is 16.8. The topological polar surface area (TPSA) is 58.6 Å². The Bertz CT molecular complexity index is 827. The average Bonchev–Trinajstić information content (AvgIpc) is 2.66. The molecule has 0 spiro atoms. The van der Waals surface area contributed by atoms with Crippen LogP contribution < -0.4 is 10.2 Å². The number of hydrogen-bond donors (Lipinski definition) is 1. The van der Waals surface area contributed by atoms with Gasteiger partial charge in [-0.2, -0.15) is 0 Å². The summed E-state index contributed by atoms with van der Waals surface area (Å²) in [5.74, 6) is -0.109. The number of amides is 2. The highest BCUT2D eigenvalue weighted by molar-refractivity contribution is 5.99. The number of hydrogen-bond acceptors (Lipinski definition) is 3. The molecule has 0 aromatic heterocycles. The molecule has 2 aromatic rings. The first-order valence-corrected chi connectivity index (χ1v) is 9.76. The van der Waals surface area contributed by atoms with Crippen LogP contribution >= 0.6 is 0 Å². The Labute approximate surface area is 166 Å². The number of nitrogens with zero attached hydrogens (tertiary/aromatic N) is 1. The standard InChI is InChI=1S/C23H28N2O3/c1-23(2,3)28-22(27)24-19(16-17-10-5-4-6-11-17)21(26)25-15-9-13-18-12-7-8-14-20(18)25/h4-8,10-12,14,19H,9,13,15-16H2,1-3H3,(H,24,27)/t19-/m0/s1. The third kappa shape index (κ3) is 5.12. The molecule has 0 radical (unpaired) electrons. The van der Waals surface area contributed by atoms with E-state index in [1.165, 1.54) is 0 Å². The number of para-hydroxylation sites is 1. The second-order valence-electron chi connectivity index (χ2n) is 8.11. The average molecular weight is 380 g/mol. The van der Waals surface area contributed by atoms with Gasteiger partial charge in [0.2, 0.25) is 5.91 Å². The molecule has 0 saturated heterocycles. The number of nitrogens with one attached hydrogen (secondary N) is 1. The Balaban J connectivity index is 1.83. The van der Waals surface area contributed by atoms with Crippen LogP contribution in [-0.4, -0.2) is 30.2 Å². The lowest BCUT2D eigenvalue weighted by Gasteiger charge is -2.33. The van der Waals surface area contributed by atoms with E-state index in [0.29, 0.717) is 13.0 Å². The molecular weight excluding hydrogens is 352 g/mol. The summed E-state index contributed by atoms with van der Waals surface area (Å²) in [6.07, 6.45) is 1.71. The summed E-state index contributed by atoms with van der Waals surface area (Å²) in [5, 5.41) is 2.80. The van der Waals surface area contributed by atoms with Crippen molar-refractivity contribution in [1.29, 1.82) is 0 Å². The highest BCUT2D eigenvalue weighted by Gasteiger charge is 2.31. The molecule has 0 unspecified atom stereocenters. The van der Waals surface area contributed by atoms with E-state index < -0.39 is 17.7 Å². The first kappa shape index (κ1) is 19.9. The number of aryl methyl sites for hydroxylation is 1. The van der Waals surface area contributed by atoms with Crippen LogP contribution in [-0.2, 0) is 22.4 Å². The molecule has 3 rings (SSSR count). The van der Waals surface area contributed by atoms with E-state index in [1.807, 2.05) is 69.3 Å². The highest BCUT2D eigenvalue weighted by Crippen LogP contribution is 2.27. The molecule has 0 saturated carbocycles. The van der Waals surface area contributed by atoms with Gasteiger partial charge in [0.1, 0.15) is 11.6 Å². The van der Waals surface area contributed by atoms with Gasteiger partial charge in [0.15, 0.2) is 0 Å². The van der Waals surface area contributed by atoms with Crippen LogP contribution in [0.5, 0.6) is 0 Å². The zero-order valence-electron chi connectivity index (χ0n) is 16.8. The van der Waals surface area contributed by atoms with Gasteiger partial charge in [-0.05, 0) is 50.8 Å². The van der Waals surface area contributed by atoms with E-state index >= 15 is 0 Å². The van der Waals surface area contributed by atoms with Crippen LogP contribution in [0.1, 0.15) is 38.3 Å². The van der Waals surface area contributed by atoms with Gasteiger partial charge in [-0.1, -0.05) is 48.5 Å². The molecular formula is C23H28N2O3. The van der Waals surface area contributed by atoms with Crippen LogP contribution in [0.2, 0.25) is 0 Å². The molecule has 0 bridgehead atoms. The van der Waals surface area contributed by atoms with E-state index in [1.54, 1.807) is 4.90 Å². The molecule has 0 fully saturated rings. The maximum Gasteiger partial charge on any atom is 0.408 e. The Morgan fingerprint density at radius 3 is 2.46 bits per heavy atom. The first-order valence-electron chi connectivity index (χ1n) is 9.76. The summed E-state index contributed by atoms with van der Waals surface area (Å²) in [6.45, 7) is 6.07. The van der Waals surface area contributed by atoms with E-state index in [9.17, 15) is 9.59 Å². The number of ether oxygens (including phenoxy) is 1. The van der Waals surface area contributed by atoms with Crippen molar-refractivity contribution < 1.29 is 14.3 Å². The smallest absolute Gasteiger partial charge is 0.408 e. The van der Waals surface area contributed by atoms with Gasteiger partial charge >= 0.3 is 6.09 Å². The molecule has 5 heteroatoms. The van der Waals surface area contributed by atoms with E-state index in [0.717, 1.165) is 29.7 Å². The van der Waals surface area contributed by atoms with E-state index in [2.05, 4.69) is 11.4 Å². The highest BCUT2D eigenvalue weighted by atomic mass is 16.6. The number of carbonyl (C=O) groups is 2. The van der Waals surface area contributed by atoms with Crippen LogP contribution in [0.25, 0.3) is 0 Å². The molecule has 1 heterocycles. The summed E-state index contributed by atoms with van der Waals surface area (Å²) in [7, 11) is 0. The summed E-state index contributed by atoms with van der Waals surface area (Å²) in [5.41, 5.74) is 2.46. The normalized spacial score (nSPS) is 14.8. The third-order valence-electron chi connectivity index (χ3n) is 4.65. The van der Waals surface area contributed by atoms with Crippen molar-refractivity contribution in [2.45, 2.75) is 51.7 Å². The largest absolute Gasteiger partial charge is 0.444 e. The number of alkyl carbamates (subject to hydrolysis) is 1. The molecule has 5 nitrogen and oxygen atoms in total. The van der Waals surface area contributed by atoms with E-state index in [-0.39, 0.29) is 5.91 Å². The fourth-order valence-electron chi connectivity index (χ4n) is 3.45. The van der Waals surface area contributed by atoms with Crippen LogP contribution in [0.3, 0.4) is 0 Å². The van der Waals surface area contributed by atoms with E-state index in [4.69, 9.17) is 4.74 Å². The number of rotatable bonds is 4. The van der Waals surface area contributed by atoms with Gasteiger partial charge in [-0.3, -0.25) is 4.79 Å². The summed E-state index contributed by atoms with van der Waals surface area (Å²) >= 11 is 0. The number of carbonyl (C=O) groups excluding carboxylic acids is 2. The maximum absolute atomic E-state index is 13.4. The second-order valence-corrected chi connectivity index (χ2v) is 8.11. The Morgan fingerprint density at radius 1 is 1.07 bits per heavy atom. The summed E-state index contributed by atoms with van der Waals surface area (Å²) in [6, 6.07) is 17.0. The Morgan fingerprint density at radius 2 is 1.75 bits per heavy atom. The second kappa shape index (κ2) is 8.46. The first-order chi connectivity index (χ1) is 13.3. The van der Waals surface area contributed by atoms with Gasteiger partial charge < -0.3 is 15.0 Å². The lowest BCUT2D eigenvalue weighted by molar-refractivity contribution is -0.120. The van der Waals surface area contributed by atoms with Gasteiger partial charge in [0, 0.05) is 18.7 Å². The molecule has 1 aliphatic rings. The molecule has 1 atom stereocenters. The van der Waals surface area contributed by atoms with Crippen molar-refractivity contribution in [2.75, 3.05) is 11.4 Å². The minimum absolute atomic E-state index is 0.109. The van der Waals surface area contributed by atoms with Crippen molar-refractivity contribution in [2.24, 2.45) is 0 Å². The van der Waals surface area contributed by atoms with Crippen LogP contribution in [0, 0.1) is 0 Å². The van der Waals surface area contributed by atoms with Crippen LogP contribution in [0.15, 0.2) is 54.6 Å². The van der Waals surface area contributed by atoms with Gasteiger partial charge in [0.05, 0.1) is 0 Å². The van der Waals surface area contributed by atoms with Crippen LogP contribution in [0.4, 0.5) is 10.5 Å². The monoisotopic (exact) mass is 380 g/mol. The third-order valence-corrected chi connectivity index (χ3v) is 4.65. The number of fused-ring (bicyclic) bond motifs is 1. The molecule has 1 N–H and O–H groups in total. The van der Waals surface area contributed by atoms with Crippen molar-refractivity contribution in [3.05, 3.63) is 65.7 Å². The number of anilines is 1. The SMILES string of the molecule is CC(C)(C)OC(=O)N[C@@H](Cc1ccccc1)C(=O)N1CCCc2ccccc21. The summed E-state index contributed by atoms with van der Waals surface area (Å²) < 4.78 is 5.39. The molecule has 148 valence electrons. The molecule has 28 heavy (non-hydrogen) atoms. The molecule has 1 aliphatic heterocycles. The maximum atomic E-state index is 13.4. The predicted octanol–water partition coefficient (Wildman–Crippen LogP) is 4.10. The van der Waals surface area contributed by atoms with Crippen molar-refractivity contribution in [1.82, 2.24) is 5.32 Å². The van der Waals surface area contributed by atoms with Crippen molar-refractivity contribution in [3.63, 3.8) is 0 Å². The Hall–Kier alpha value is -2.82. The lowest BCUT2D eigenvalue weighted by Crippen LogP contribution is -2.52. The molecule has 0 aliphatic carbocycles.